The minimum absolute atomic E-state index is 0.0147. The number of carbonyl (C=O) groups excluding carboxylic acids is 1. The zero-order chi connectivity index (χ0) is 21.6. The zero-order valence-electron chi connectivity index (χ0n) is 17.6. The first-order chi connectivity index (χ1) is 15.2. The van der Waals surface area contributed by atoms with Crippen LogP contribution in [0.4, 0.5) is 0 Å². The van der Waals surface area contributed by atoms with Gasteiger partial charge in [-0.05, 0) is 49.2 Å². The number of likely N-dealkylation sites (tertiary alicyclic amines) is 1. The Balaban J connectivity index is 1.37. The third-order valence-electron chi connectivity index (χ3n) is 5.71. The van der Waals surface area contributed by atoms with Crippen LogP contribution in [0, 0.1) is 0 Å². The first-order valence-corrected chi connectivity index (χ1v) is 10.5. The number of ether oxygens (including phenoxy) is 2. The molecule has 0 unspecified atom stereocenters. The topological polar surface area (TPSA) is 76.8 Å². The molecule has 3 aromatic rings. The Labute approximate surface area is 181 Å². The van der Waals surface area contributed by atoms with E-state index < -0.39 is 0 Å². The van der Waals surface area contributed by atoms with Gasteiger partial charge in [0.25, 0.3) is 5.91 Å². The minimum atomic E-state index is -0.0446. The number of amides is 1. The second kappa shape index (κ2) is 9.66. The Bertz CT molecular complexity index is 993. The molecule has 7 heteroatoms. The maximum atomic E-state index is 12.6. The summed E-state index contributed by atoms with van der Waals surface area (Å²) in [6.07, 6.45) is 3.38. The lowest BCUT2D eigenvalue weighted by molar-refractivity contribution is -0.134. The Kier molecular flexibility index (Phi) is 6.52. The van der Waals surface area contributed by atoms with Gasteiger partial charge in [0.1, 0.15) is 11.5 Å². The Morgan fingerprint density at radius 1 is 1.06 bits per heavy atom. The predicted molar refractivity (Wildman–Crippen MR) is 117 cm³/mol. The van der Waals surface area contributed by atoms with Gasteiger partial charge in [0.15, 0.2) is 6.61 Å². The van der Waals surface area contributed by atoms with Gasteiger partial charge in [-0.25, -0.2) is 4.68 Å². The first-order valence-electron chi connectivity index (χ1n) is 10.5. The van der Waals surface area contributed by atoms with Crippen molar-refractivity contribution in [1.29, 1.82) is 0 Å². The van der Waals surface area contributed by atoms with Crippen LogP contribution in [0.15, 0.2) is 60.8 Å². The summed E-state index contributed by atoms with van der Waals surface area (Å²) in [5.74, 6) is 1.60. The number of piperidine rings is 1. The van der Waals surface area contributed by atoms with Crippen LogP contribution in [0.25, 0.3) is 5.69 Å². The standard InChI is InChI=1S/C24H27N3O4/c1-30-21-7-9-22(10-8-21)31-17-23(29)26-13-11-18(12-14-26)24-19(16-28)15-25-27(24)20-5-3-2-4-6-20/h2-10,15,18,28H,11-14,16-17H2,1H3. The minimum Gasteiger partial charge on any atom is -0.497 e. The molecular weight excluding hydrogens is 394 g/mol. The Morgan fingerprint density at radius 3 is 2.39 bits per heavy atom. The number of benzene rings is 2. The summed E-state index contributed by atoms with van der Waals surface area (Å²) >= 11 is 0. The van der Waals surface area contributed by atoms with Gasteiger partial charge in [0, 0.05) is 24.6 Å². The molecule has 0 bridgehead atoms. The van der Waals surface area contributed by atoms with Gasteiger partial charge < -0.3 is 19.5 Å². The van der Waals surface area contributed by atoms with E-state index in [9.17, 15) is 9.90 Å². The second-order valence-corrected chi connectivity index (χ2v) is 7.58. The largest absolute Gasteiger partial charge is 0.497 e. The molecule has 0 saturated carbocycles. The third kappa shape index (κ3) is 4.72. The maximum absolute atomic E-state index is 12.6. The van der Waals surface area contributed by atoms with Gasteiger partial charge in [0.05, 0.1) is 31.3 Å². The van der Waals surface area contributed by atoms with Crippen LogP contribution in [-0.4, -0.2) is 52.5 Å². The monoisotopic (exact) mass is 421 g/mol. The highest BCUT2D eigenvalue weighted by Crippen LogP contribution is 2.32. The van der Waals surface area contributed by atoms with Crippen molar-refractivity contribution in [3.63, 3.8) is 0 Å². The van der Waals surface area contributed by atoms with Crippen LogP contribution < -0.4 is 9.47 Å². The highest BCUT2D eigenvalue weighted by Gasteiger charge is 2.28. The molecule has 1 N–H and O–H groups in total. The highest BCUT2D eigenvalue weighted by atomic mass is 16.5. The van der Waals surface area contributed by atoms with Crippen molar-refractivity contribution in [2.75, 3.05) is 26.8 Å². The van der Waals surface area contributed by atoms with Gasteiger partial charge in [0.2, 0.25) is 0 Å². The lowest BCUT2D eigenvalue weighted by Crippen LogP contribution is -2.40. The molecule has 1 fully saturated rings. The number of aromatic nitrogens is 2. The molecule has 1 saturated heterocycles. The number of hydrogen-bond donors (Lipinski definition) is 1. The molecule has 0 spiro atoms. The predicted octanol–water partition coefficient (Wildman–Crippen LogP) is 3.16. The van der Waals surface area contributed by atoms with E-state index in [-0.39, 0.29) is 25.0 Å². The number of hydrogen-bond acceptors (Lipinski definition) is 5. The Hall–Kier alpha value is -3.32. The molecule has 0 radical (unpaired) electrons. The van der Waals surface area contributed by atoms with Crippen LogP contribution >= 0.6 is 0 Å². The van der Waals surface area contributed by atoms with Gasteiger partial charge >= 0.3 is 0 Å². The molecule has 0 atom stereocenters. The van der Waals surface area contributed by atoms with Gasteiger partial charge in [-0.1, -0.05) is 18.2 Å². The zero-order valence-corrected chi connectivity index (χ0v) is 17.6. The number of aliphatic hydroxyl groups excluding tert-OH is 1. The summed E-state index contributed by atoms with van der Waals surface area (Å²) in [4.78, 5) is 14.5. The molecule has 2 heterocycles. The number of carbonyl (C=O) groups is 1. The highest BCUT2D eigenvalue weighted by molar-refractivity contribution is 5.77. The molecule has 162 valence electrons. The summed E-state index contributed by atoms with van der Waals surface area (Å²) < 4.78 is 12.7. The van der Waals surface area contributed by atoms with Crippen molar-refractivity contribution in [1.82, 2.24) is 14.7 Å². The normalized spacial score (nSPS) is 14.5. The van der Waals surface area contributed by atoms with E-state index in [0.717, 1.165) is 35.5 Å². The Morgan fingerprint density at radius 2 is 1.74 bits per heavy atom. The fourth-order valence-electron chi connectivity index (χ4n) is 4.03. The summed E-state index contributed by atoms with van der Waals surface area (Å²) in [5.41, 5.74) is 2.86. The van der Waals surface area contributed by atoms with Crippen molar-refractivity contribution >= 4 is 5.91 Å². The molecule has 4 rings (SSSR count). The summed E-state index contributed by atoms with van der Waals surface area (Å²) in [6, 6.07) is 17.1. The third-order valence-corrected chi connectivity index (χ3v) is 5.71. The van der Waals surface area contributed by atoms with Crippen LogP contribution in [0.1, 0.15) is 30.0 Å². The number of methoxy groups -OCH3 is 1. The van der Waals surface area contributed by atoms with Crippen molar-refractivity contribution in [2.45, 2.75) is 25.4 Å². The van der Waals surface area contributed by atoms with Gasteiger partial charge in [-0.2, -0.15) is 5.10 Å². The van der Waals surface area contributed by atoms with Crippen LogP contribution in [0.5, 0.6) is 11.5 Å². The molecule has 1 amide bonds. The lowest BCUT2D eigenvalue weighted by Gasteiger charge is -2.32. The molecule has 1 aliphatic rings. The van der Waals surface area contributed by atoms with Crippen LogP contribution in [-0.2, 0) is 11.4 Å². The molecule has 7 nitrogen and oxygen atoms in total. The smallest absolute Gasteiger partial charge is 0.260 e. The van der Waals surface area contributed by atoms with Crippen LogP contribution in [0.2, 0.25) is 0 Å². The van der Waals surface area contributed by atoms with Gasteiger partial charge in [-0.3, -0.25) is 4.79 Å². The maximum Gasteiger partial charge on any atom is 0.260 e. The van der Waals surface area contributed by atoms with E-state index >= 15 is 0 Å². The summed E-state index contributed by atoms with van der Waals surface area (Å²) in [5, 5.41) is 14.3. The van der Waals surface area contributed by atoms with Crippen molar-refractivity contribution in [3.8, 4) is 17.2 Å². The molecular formula is C24H27N3O4. The van der Waals surface area contributed by atoms with E-state index in [2.05, 4.69) is 5.10 Å². The first kappa shape index (κ1) is 20.9. The van der Waals surface area contributed by atoms with Crippen molar-refractivity contribution in [2.24, 2.45) is 0 Å². The number of aliphatic hydroxyl groups is 1. The number of rotatable bonds is 7. The summed E-state index contributed by atoms with van der Waals surface area (Å²) in [7, 11) is 1.61. The number of nitrogens with zero attached hydrogens (tertiary/aromatic N) is 3. The van der Waals surface area contributed by atoms with E-state index in [0.29, 0.717) is 18.8 Å². The quantitative estimate of drug-likeness (QED) is 0.634. The average Bonchev–Trinajstić information content (AvgIpc) is 3.28. The fraction of sp³-hybridized carbons (Fsp3) is 0.333. The van der Waals surface area contributed by atoms with Gasteiger partial charge in [-0.15, -0.1) is 0 Å². The molecule has 31 heavy (non-hydrogen) atoms. The second-order valence-electron chi connectivity index (χ2n) is 7.58. The van der Waals surface area contributed by atoms with Crippen molar-refractivity contribution < 1.29 is 19.4 Å². The van der Waals surface area contributed by atoms with Crippen molar-refractivity contribution in [3.05, 3.63) is 72.1 Å². The number of para-hydroxylation sites is 1. The fourth-order valence-corrected chi connectivity index (χ4v) is 4.03. The average molecular weight is 421 g/mol. The molecule has 1 aliphatic heterocycles. The van der Waals surface area contributed by atoms with E-state index in [1.54, 1.807) is 37.6 Å². The van der Waals surface area contributed by atoms with E-state index in [1.807, 2.05) is 39.9 Å². The molecule has 2 aromatic carbocycles. The lowest BCUT2D eigenvalue weighted by atomic mass is 9.91. The molecule has 1 aromatic heterocycles. The summed E-state index contributed by atoms with van der Waals surface area (Å²) in [6.45, 7) is 1.28. The van der Waals surface area contributed by atoms with Crippen LogP contribution in [0.3, 0.4) is 0 Å². The molecule has 0 aliphatic carbocycles. The van der Waals surface area contributed by atoms with E-state index in [4.69, 9.17) is 9.47 Å². The SMILES string of the molecule is COc1ccc(OCC(=O)N2CCC(c3c(CO)cnn3-c3ccccc3)CC2)cc1. The van der Waals surface area contributed by atoms with E-state index in [1.165, 1.54) is 0 Å².